The lowest BCUT2D eigenvalue weighted by molar-refractivity contribution is -0.112. The number of halogens is 1. The maximum Gasteiger partial charge on any atom is 0.266 e. The smallest absolute Gasteiger partial charge is 0.266 e. The van der Waals surface area contributed by atoms with E-state index in [0.717, 1.165) is 11.1 Å². The van der Waals surface area contributed by atoms with E-state index in [1.807, 2.05) is 37.3 Å². The third-order valence-corrected chi connectivity index (χ3v) is 3.93. The second-order valence-corrected chi connectivity index (χ2v) is 5.95. The predicted molar refractivity (Wildman–Crippen MR) is 100 cm³/mol. The van der Waals surface area contributed by atoms with Crippen molar-refractivity contribution in [3.8, 4) is 17.5 Å². The standard InChI is InChI=1S/C20H14ClN3O2/c1-13-6-8-14(9-7-13)20-23-16(12-26-20)10-15(11-22)19(25)24-18-5-3-2-4-17(18)21/h2-10,12H,1H3,(H,24,25). The quantitative estimate of drug-likeness (QED) is 0.531. The van der Waals surface area contributed by atoms with Gasteiger partial charge < -0.3 is 9.73 Å². The van der Waals surface area contributed by atoms with Crippen LogP contribution in [0.25, 0.3) is 17.5 Å². The SMILES string of the molecule is Cc1ccc(-c2nc(C=C(C#N)C(=O)Nc3ccccc3Cl)co2)cc1. The molecule has 0 bridgehead atoms. The summed E-state index contributed by atoms with van der Waals surface area (Å²) in [5.41, 5.74) is 2.65. The van der Waals surface area contributed by atoms with Gasteiger partial charge in [-0.2, -0.15) is 5.26 Å². The topological polar surface area (TPSA) is 78.9 Å². The Labute approximate surface area is 155 Å². The summed E-state index contributed by atoms with van der Waals surface area (Å²) in [4.78, 5) is 16.6. The van der Waals surface area contributed by atoms with E-state index in [9.17, 15) is 10.1 Å². The minimum absolute atomic E-state index is 0.103. The molecule has 3 rings (SSSR count). The minimum atomic E-state index is -0.569. The van der Waals surface area contributed by atoms with Crippen molar-refractivity contribution in [2.24, 2.45) is 0 Å². The third-order valence-electron chi connectivity index (χ3n) is 3.60. The maximum atomic E-state index is 12.3. The highest BCUT2D eigenvalue weighted by molar-refractivity contribution is 6.34. The number of carbonyl (C=O) groups is 1. The normalized spacial score (nSPS) is 11.0. The zero-order valence-electron chi connectivity index (χ0n) is 13.9. The average molecular weight is 364 g/mol. The molecule has 0 aliphatic heterocycles. The molecule has 3 aromatic rings. The molecular formula is C20H14ClN3O2. The number of amides is 1. The Morgan fingerprint density at radius 1 is 1.23 bits per heavy atom. The van der Waals surface area contributed by atoms with E-state index in [2.05, 4.69) is 10.3 Å². The van der Waals surface area contributed by atoms with Crippen molar-refractivity contribution in [1.82, 2.24) is 4.98 Å². The highest BCUT2D eigenvalue weighted by atomic mass is 35.5. The first kappa shape index (κ1) is 17.5. The van der Waals surface area contributed by atoms with Crippen LogP contribution in [-0.2, 0) is 4.79 Å². The van der Waals surface area contributed by atoms with Crippen LogP contribution in [0, 0.1) is 18.3 Å². The Morgan fingerprint density at radius 3 is 2.65 bits per heavy atom. The number of rotatable bonds is 4. The lowest BCUT2D eigenvalue weighted by Crippen LogP contribution is -2.13. The lowest BCUT2D eigenvalue weighted by Gasteiger charge is -2.05. The number of nitriles is 1. The van der Waals surface area contributed by atoms with Crippen molar-refractivity contribution in [2.75, 3.05) is 5.32 Å². The fraction of sp³-hybridized carbons (Fsp3) is 0.0500. The minimum Gasteiger partial charge on any atom is -0.444 e. The summed E-state index contributed by atoms with van der Waals surface area (Å²) in [5, 5.41) is 12.3. The lowest BCUT2D eigenvalue weighted by atomic mass is 10.1. The zero-order chi connectivity index (χ0) is 18.5. The molecule has 0 aliphatic rings. The van der Waals surface area contributed by atoms with E-state index in [0.29, 0.717) is 22.3 Å². The number of benzene rings is 2. The van der Waals surface area contributed by atoms with Gasteiger partial charge in [0, 0.05) is 5.56 Å². The number of nitrogens with zero attached hydrogens (tertiary/aromatic N) is 2. The van der Waals surface area contributed by atoms with Gasteiger partial charge in [0.25, 0.3) is 5.91 Å². The number of carbonyl (C=O) groups excluding carboxylic acids is 1. The summed E-state index contributed by atoms with van der Waals surface area (Å²) in [6.07, 6.45) is 2.77. The van der Waals surface area contributed by atoms with E-state index < -0.39 is 5.91 Å². The van der Waals surface area contributed by atoms with Crippen LogP contribution in [0.2, 0.25) is 5.02 Å². The molecule has 2 aromatic carbocycles. The van der Waals surface area contributed by atoms with E-state index in [1.54, 1.807) is 24.3 Å². The van der Waals surface area contributed by atoms with Gasteiger partial charge in [-0.1, -0.05) is 41.4 Å². The van der Waals surface area contributed by atoms with Gasteiger partial charge in [-0.25, -0.2) is 4.98 Å². The highest BCUT2D eigenvalue weighted by Crippen LogP contribution is 2.22. The number of nitrogens with one attached hydrogen (secondary N) is 1. The third kappa shape index (κ3) is 4.00. The highest BCUT2D eigenvalue weighted by Gasteiger charge is 2.13. The number of aryl methyl sites for hydroxylation is 1. The number of oxazole rings is 1. The van der Waals surface area contributed by atoms with Crippen LogP contribution in [-0.4, -0.2) is 10.9 Å². The van der Waals surface area contributed by atoms with Crippen molar-refractivity contribution in [3.05, 3.63) is 76.6 Å². The van der Waals surface area contributed by atoms with Gasteiger partial charge in [-0.15, -0.1) is 0 Å². The average Bonchev–Trinajstić information content (AvgIpc) is 3.10. The fourth-order valence-corrected chi connectivity index (χ4v) is 2.41. The van der Waals surface area contributed by atoms with Gasteiger partial charge in [0.1, 0.15) is 23.6 Å². The first-order valence-electron chi connectivity index (χ1n) is 7.77. The van der Waals surface area contributed by atoms with Gasteiger partial charge >= 0.3 is 0 Å². The van der Waals surface area contributed by atoms with Crippen LogP contribution in [0.4, 0.5) is 5.69 Å². The molecule has 6 heteroatoms. The summed E-state index contributed by atoms with van der Waals surface area (Å²) in [6.45, 7) is 1.99. The van der Waals surface area contributed by atoms with Gasteiger partial charge in [0.2, 0.25) is 5.89 Å². The molecule has 0 spiro atoms. The molecule has 0 radical (unpaired) electrons. The largest absolute Gasteiger partial charge is 0.444 e. The van der Waals surface area contributed by atoms with Crippen LogP contribution >= 0.6 is 11.6 Å². The molecule has 1 amide bonds. The molecule has 1 N–H and O–H groups in total. The van der Waals surface area contributed by atoms with E-state index in [-0.39, 0.29) is 5.57 Å². The van der Waals surface area contributed by atoms with Crippen LogP contribution in [0.3, 0.4) is 0 Å². The molecule has 0 atom stereocenters. The van der Waals surface area contributed by atoms with Crippen LogP contribution in [0.1, 0.15) is 11.3 Å². The number of para-hydroxylation sites is 1. The summed E-state index contributed by atoms with van der Waals surface area (Å²) in [7, 11) is 0. The fourth-order valence-electron chi connectivity index (χ4n) is 2.23. The molecule has 0 aliphatic carbocycles. The number of anilines is 1. The predicted octanol–water partition coefficient (Wildman–Crippen LogP) is 4.85. The van der Waals surface area contributed by atoms with Gasteiger partial charge in [0.15, 0.2) is 0 Å². The van der Waals surface area contributed by atoms with E-state index >= 15 is 0 Å². The molecule has 0 unspecified atom stereocenters. The van der Waals surface area contributed by atoms with Crippen molar-refractivity contribution < 1.29 is 9.21 Å². The van der Waals surface area contributed by atoms with Crippen LogP contribution in [0.15, 0.2) is 64.8 Å². The molecule has 128 valence electrons. The zero-order valence-corrected chi connectivity index (χ0v) is 14.6. The Morgan fingerprint density at radius 2 is 1.96 bits per heavy atom. The van der Waals surface area contributed by atoms with Crippen molar-refractivity contribution >= 4 is 29.3 Å². The van der Waals surface area contributed by atoms with Gasteiger partial charge in [0.05, 0.1) is 10.7 Å². The first-order valence-corrected chi connectivity index (χ1v) is 8.15. The van der Waals surface area contributed by atoms with E-state index in [1.165, 1.54) is 12.3 Å². The summed E-state index contributed by atoms with van der Waals surface area (Å²) in [5.74, 6) is -0.152. The Balaban J connectivity index is 1.81. The van der Waals surface area contributed by atoms with Crippen LogP contribution < -0.4 is 5.32 Å². The second-order valence-electron chi connectivity index (χ2n) is 5.55. The van der Waals surface area contributed by atoms with E-state index in [4.69, 9.17) is 16.0 Å². The van der Waals surface area contributed by atoms with Crippen molar-refractivity contribution in [2.45, 2.75) is 6.92 Å². The second kappa shape index (κ2) is 7.68. The van der Waals surface area contributed by atoms with Crippen molar-refractivity contribution in [1.29, 1.82) is 5.26 Å². The summed E-state index contributed by atoms with van der Waals surface area (Å²) < 4.78 is 5.44. The summed E-state index contributed by atoms with van der Waals surface area (Å²) >= 11 is 6.01. The Hall–Kier alpha value is -3.36. The Kier molecular flexibility index (Phi) is 5.16. The summed E-state index contributed by atoms with van der Waals surface area (Å²) in [6, 6.07) is 16.4. The van der Waals surface area contributed by atoms with Crippen molar-refractivity contribution in [3.63, 3.8) is 0 Å². The maximum absolute atomic E-state index is 12.3. The molecule has 0 saturated carbocycles. The molecule has 26 heavy (non-hydrogen) atoms. The van der Waals surface area contributed by atoms with Gasteiger partial charge in [-0.05, 0) is 37.3 Å². The van der Waals surface area contributed by atoms with Crippen LogP contribution in [0.5, 0.6) is 0 Å². The number of aromatic nitrogens is 1. The monoisotopic (exact) mass is 363 g/mol. The molecule has 1 aromatic heterocycles. The number of hydrogen-bond donors (Lipinski definition) is 1. The molecule has 0 saturated heterocycles. The molecular weight excluding hydrogens is 350 g/mol. The number of hydrogen-bond acceptors (Lipinski definition) is 4. The molecule has 5 nitrogen and oxygen atoms in total. The van der Waals surface area contributed by atoms with Gasteiger partial charge in [-0.3, -0.25) is 4.79 Å². The first-order chi connectivity index (χ1) is 12.6. The Bertz CT molecular complexity index is 1010. The molecule has 0 fully saturated rings. The molecule has 1 heterocycles.